The molecule has 0 radical (unpaired) electrons. The van der Waals surface area contributed by atoms with Gasteiger partial charge in [0.2, 0.25) is 5.78 Å². The number of carbonyl (C=O) groups is 2. The second kappa shape index (κ2) is 10.9. The lowest BCUT2D eigenvalue weighted by molar-refractivity contribution is 0.0697. The van der Waals surface area contributed by atoms with Crippen molar-refractivity contribution in [3.8, 4) is 11.3 Å². The van der Waals surface area contributed by atoms with Crippen LogP contribution in [0.2, 0.25) is 0 Å². The monoisotopic (exact) mass is 456 g/mol. The number of carboxylic acid groups (broad SMARTS) is 1. The number of carboxylic acids is 1. The van der Waals surface area contributed by atoms with Crippen LogP contribution in [0.1, 0.15) is 52.5 Å². The van der Waals surface area contributed by atoms with E-state index in [1.165, 1.54) is 0 Å². The number of hydrogen-bond donors (Lipinski definition) is 2. The molecule has 4 rings (SSSR count). The van der Waals surface area contributed by atoms with Crippen LogP contribution in [0.4, 0.5) is 0 Å². The summed E-state index contributed by atoms with van der Waals surface area (Å²) in [6, 6.07) is 20.0. The molecule has 3 aromatic rings. The standard InChI is InChI=1S/C27H28N4O3/c1-2-3-7-17-31-26(25(32)21-9-5-4-6-10-21)29-23(30-31)18-19-12-14-20(15-13-19)24-22(27(33)34)11-8-16-28-24/h4-6,8-16,23,30H,2-3,7,17-18H2,1H3,(H,33,34). The van der Waals surface area contributed by atoms with Gasteiger partial charge in [0.25, 0.3) is 0 Å². The van der Waals surface area contributed by atoms with Crippen LogP contribution >= 0.6 is 0 Å². The van der Waals surface area contributed by atoms with Gasteiger partial charge < -0.3 is 5.11 Å². The molecule has 1 aliphatic heterocycles. The van der Waals surface area contributed by atoms with Crippen LogP contribution in [0.15, 0.2) is 77.9 Å². The molecule has 0 bridgehead atoms. The summed E-state index contributed by atoms with van der Waals surface area (Å²) in [6.45, 7) is 2.87. The Morgan fingerprint density at radius 1 is 1.00 bits per heavy atom. The largest absolute Gasteiger partial charge is 0.478 e. The average Bonchev–Trinajstić information content (AvgIpc) is 3.27. The highest BCUT2D eigenvalue weighted by Crippen LogP contribution is 2.23. The van der Waals surface area contributed by atoms with E-state index in [-0.39, 0.29) is 17.5 Å². The molecular formula is C27H28N4O3. The smallest absolute Gasteiger partial charge is 0.337 e. The maximum atomic E-state index is 13.1. The maximum Gasteiger partial charge on any atom is 0.337 e. The third-order valence-electron chi connectivity index (χ3n) is 5.76. The van der Waals surface area contributed by atoms with Crippen molar-refractivity contribution >= 4 is 17.6 Å². The summed E-state index contributed by atoms with van der Waals surface area (Å²) in [6.07, 6.45) is 5.10. The van der Waals surface area contributed by atoms with E-state index in [0.29, 0.717) is 23.5 Å². The number of carbonyl (C=O) groups excluding carboxylic acids is 1. The zero-order valence-electron chi connectivity index (χ0n) is 19.1. The van der Waals surface area contributed by atoms with Crippen molar-refractivity contribution in [1.29, 1.82) is 0 Å². The molecule has 0 aliphatic carbocycles. The average molecular weight is 457 g/mol. The number of amidine groups is 1. The molecule has 0 amide bonds. The minimum absolute atomic E-state index is 0.0844. The van der Waals surface area contributed by atoms with Gasteiger partial charge in [-0.2, -0.15) is 0 Å². The Morgan fingerprint density at radius 3 is 2.47 bits per heavy atom. The molecule has 0 saturated carbocycles. The fourth-order valence-electron chi connectivity index (χ4n) is 4.00. The quantitative estimate of drug-likeness (QED) is 0.342. The molecule has 2 aromatic carbocycles. The van der Waals surface area contributed by atoms with Crippen LogP contribution in [0.5, 0.6) is 0 Å². The van der Waals surface area contributed by atoms with E-state index >= 15 is 0 Å². The van der Waals surface area contributed by atoms with Crippen LogP contribution in [0.25, 0.3) is 11.3 Å². The van der Waals surface area contributed by atoms with E-state index in [1.54, 1.807) is 18.3 Å². The fourth-order valence-corrected chi connectivity index (χ4v) is 4.00. The van der Waals surface area contributed by atoms with Crippen LogP contribution in [-0.4, -0.2) is 45.4 Å². The van der Waals surface area contributed by atoms with Crippen molar-refractivity contribution in [1.82, 2.24) is 15.4 Å². The van der Waals surface area contributed by atoms with Gasteiger partial charge in [0.05, 0.1) is 11.3 Å². The number of nitrogens with zero attached hydrogens (tertiary/aromatic N) is 3. The molecule has 0 spiro atoms. The summed E-state index contributed by atoms with van der Waals surface area (Å²) >= 11 is 0. The van der Waals surface area contributed by atoms with Gasteiger partial charge in [-0.15, -0.1) is 0 Å². The second-order valence-corrected chi connectivity index (χ2v) is 8.26. The van der Waals surface area contributed by atoms with E-state index in [1.807, 2.05) is 59.6 Å². The van der Waals surface area contributed by atoms with Gasteiger partial charge in [-0.05, 0) is 24.1 Å². The Kier molecular flexibility index (Phi) is 7.44. The predicted molar refractivity (Wildman–Crippen MR) is 132 cm³/mol. The molecule has 34 heavy (non-hydrogen) atoms. The van der Waals surface area contributed by atoms with Gasteiger partial charge in [0.1, 0.15) is 6.17 Å². The third kappa shape index (κ3) is 5.38. The molecule has 1 aliphatic rings. The number of nitrogens with one attached hydrogen (secondary N) is 1. The lowest BCUT2D eigenvalue weighted by atomic mass is 10.0. The molecule has 0 saturated heterocycles. The van der Waals surface area contributed by atoms with E-state index in [2.05, 4.69) is 17.3 Å². The van der Waals surface area contributed by atoms with E-state index in [9.17, 15) is 14.7 Å². The van der Waals surface area contributed by atoms with E-state index in [0.717, 1.165) is 36.9 Å². The first-order valence-corrected chi connectivity index (χ1v) is 11.6. The van der Waals surface area contributed by atoms with E-state index < -0.39 is 5.97 Å². The van der Waals surface area contributed by atoms with Crippen LogP contribution < -0.4 is 5.43 Å². The first-order valence-electron chi connectivity index (χ1n) is 11.6. The number of pyridine rings is 1. The zero-order valence-corrected chi connectivity index (χ0v) is 19.1. The van der Waals surface area contributed by atoms with Gasteiger partial charge in [-0.25, -0.2) is 15.2 Å². The van der Waals surface area contributed by atoms with Crippen LogP contribution in [-0.2, 0) is 6.42 Å². The van der Waals surface area contributed by atoms with Gasteiger partial charge in [-0.1, -0.05) is 74.4 Å². The minimum Gasteiger partial charge on any atom is -0.478 e. The SMILES string of the molecule is CCCCCN1NC(Cc2ccc(-c3ncccc3C(=O)O)cc2)N=C1C(=O)c1ccccc1. The summed E-state index contributed by atoms with van der Waals surface area (Å²) in [5, 5.41) is 11.3. The van der Waals surface area contributed by atoms with Crippen molar-refractivity contribution < 1.29 is 14.7 Å². The summed E-state index contributed by atoms with van der Waals surface area (Å²) < 4.78 is 0. The lowest BCUT2D eigenvalue weighted by Gasteiger charge is -2.21. The number of aromatic nitrogens is 1. The number of hydrogen-bond acceptors (Lipinski definition) is 6. The molecular weight excluding hydrogens is 428 g/mol. The molecule has 7 nitrogen and oxygen atoms in total. The number of aromatic carboxylic acids is 1. The first kappa shape index (κ1) is 23.3. The summed E-state index contributed by atoms with van der Waals surface area (Å²) in [4.78, 5) is 33.6. The van der Waals surface area contributed by atoms with Crippen LogP contribution in [0, 0.1) is 0 Å². The van der Waals surface area contributed by atoms with Crippen molar-refractivity contribution in [3.05, 3.63) is 89.6 Å². The highest BCUT2D eigenvalue weighted by atomic mass is 16.4. The lowest BCUT2D eigenvalue weighted by Crippen LogP contribution is -2.44. The third-order valence-corrected chi connectivity index (χ3v) is 5.76. The Balaban J connectivity index is 1.51. The first-order chi connectivity index (χ1) is 16.6. The molecule has 2 heterocycles. The summed E-state index contributed by atoms with van der Waals surface area (Å²) in [7, 11) is 0. The molecule has 1 atom stereocenters. The minimum atomic E-state index is -1.00. The molecule has 0 fully saturated rings. The number of benzene rings is 2. The number of ketones is 1. The van der Waals surface area contributed by atoms with Gasteiger partial charge in [0.15, 0.2) is 5.84 Å². The van der Waals surface area contributed by atoms with Crippen molar-refractivity contribution in [3.63, 3.8) is 0 Å². The fraction of sp³-hybridized carbons (Fsp3) is 0.259. The van der Waals surface area contributed by atoms with Gasteiger partial charge in [-0.3, -0.25) is 14.8 Å². The molecule has 7 heteroatoms. The molecule has 174 valence electrons. The number of Topliss-reactive ketones (excluding diaryl/α,β-unsaturated/α-hetero) is 1. The number of aliphatic imine (C=N–C) groups is 1. The Bertz CT molecular complexity index is 1180. The molecule has 1 unspecified atom stereocenters. The predicted octanol–water partition coefficient (Wildman–Crippen LogP) is 4.61. The Hall–Kier alpha value is -3.84. The van der Waals surface area contributed by atoms with Crippen LogP contribution in [0.3, 0.4) is 0 Å². The van der Waals surface area contributed by atoms with Gasteiger partial charge in [0, 0.05) is 30.3 Å². The zero-order chi connectivity index (χ0) is 23.9. The van der Waals surface area contributed by atoms with Gasteiger partial charge >= 0.3 is 5.97 Å². The Labute approximate surface area is 199 Å². The van der Waals surface area contributed by atoms with E-state index in [4.69, 9.17) is 4.99 Å². The number of hydrazine groups is 1. The summed E-state index contributed by atoms with van der Waals surface area (Å²) in [5.74, 6) is -0.641. The highest BCUT2D eigenvalue weighted by Gasteiger charge is 2.29. The second-order valence-electron chi connectivity index (χ2n) is 8.26. The normalized spacial score (nSPS) is 15.3. The molecule has 2 N–H and O–H groups in total. The Morgan fingerprint density at radius 2 is 1.76 bits per heavy atom. The number of unbranched alkanes of at least 4 members (excludes halogenated alkanes) is 2. The summed E-state index contributed by atoms with van der Waals surface area (Å²) in [5.41, 5.74) is 6.39. The van der Waals surface area contributed by atoms with Crippen molar-refractivity contribution in [2.45, 2.75) is 38.8 Å². The van der Waals surface area contributed by atoms with Crippen molar-refractivity contribution in [2.75, 3.05) is 6.54 Å². The maximum absolute atomic E-state index is 13.1. The van der Waals surface area contributed by atoms with Crippen molar-refractivity contribution in [2.24, 2.45) is 4.99 Å². The topological polar surface area (TPSA) is 94.9 Å². The number of rotatable bonds is 10. The molecule has 1 aromatic heterocycles. The highest BCUT2D eigenvalue weighted by molar-refractivity contribution is 6.45.